The zero-order valence-corrected chi connectivity index (χ0v) is 9.90. The van der Waals surface area contributed by atoms with Gasteiger partial charge in [-0.2, -0.15) is 0 Å². The van der Waals surface area contributed by atoms with E-state index in [2.05, 4.69) is 6.58 Å². The number of hydrogen-bond acceptors (Lipinski definition) is 3. The van der Waals surface area contributed by atoms with Crippen molar-refractivity contribution in [2.45, 2.75) is 19.4 Å². The van der Waals surface area contributed by atoms with Crippen molar-refractivity contribution in [3.8, 4) is 11.5 Å². The Morgan fingerprint density at radius 1 is 1.50 bits per heavy atom. The first-order valence-electron chi connectivity index (χ1n) is 5.33. The van der Waals surface area contributed by atoms with E-state index in [1.165, 1.54) is 0 Å². The van der Waals surface area contributed by atoms with Gasteiger partial charge in [-0.3, -0.25) is 0 Å². The van der Waals surface area contributed by atoms with Crippen LogP contribution in [0.25, 0.3) is 0 Å². The minimum Gasteiger partial charge on any atom is -0.497 e. The number of rotatable bonds is 6. The molecule has 88 valence electrons. The number of nitrogens with two attached hydrogens (primary N) is 1. The maximum Gasteiger partial charge on any atom is 0.126 e. The lowest BCUT2D eigenvalue weighted by molar-refractivity contribution is 0.352. The van der Waals surface area contributed by atoms with Gasteiger partial charge in [0, 0.05) is 12.1 Å². The van der Waals surface area contributed by atoms with E-state index in [1.807, 2.05) is 25.1 Å². The van der Waals surface area contributed by atoms with Crippen molar-refractivity contribution in [1.82, 2.24) is 0 Å². The van der Waals surface area contributed by atoms with Crippen molar-refractivity contribution in [2.24, 2.45) is 5.73 Å². The van der Waals surface area contributed by atoms with E-state index in [-0.39, 0.29) is 6.04 Å². The van der Waals surface area contributed by atoms with Crippen molar-refractivity contribution < 1.29 is 9.47 Å². The van der Waals surface area contributed by atoms with Gasteiger partial charge in [0.1, 0.15) is 18.1 Å². The van der Waals surface area contributed by atoms with Gasteiger partial charge in [-0.1, -0.05) is 18.7 Å². The fourth-order valence-electron chi connectivity index (χ4n) is 1.46. The Bertz CT molecular complexity index is 348. The Morgan fingerprint density at radius 3 is 2.81 bits per heavy atom. The number of benzene rings is 1. The molecule has 0 aliphatic carbocycles. The van der Waals surface area contributed by atoms with E-state index >= 15 is 0 Å². The Kier molecular flexibility index (Phi) is 4.86. The van der Waals surface area contributed by atoms with E-state index in [1.54, 1.807) is 13.2 Å². The van der Waals surface area contributed by atoms with Gasteiger partial charge in [-0.05, 0) is 25.0 Å². The summed E-state index contributed by atoms with van der Waals surface area (Å²) in [7, 11) is 1.64. The number of hydrogen-bond donors (Lipinski definition) is 1. The summed E-state index contributed by atoms with van der Waals surface area (Å²) in [6, 6.07) is 5.89. The molecular formula is C13H19NO2. The molecule has 0 fully saturated rings. The Morgan fingerprint density at radius 2 is 2.25 bits per heavy atom. The fraction of sp³-hybridized carbons (Fsp3) is 0.385. The minimum atomic E-state index is 0.111. The average molecular weight is 221 g/mol. The highest BCUT2D eigenvalue weighted by Gasteiger charge is 2.07. The van der Waals surface area contributed by atoms with Crippen molar-refractivity contribution in [3.05, 3.63) is 36.4 Å². The van der Waals surface area contributed by atoms with Crippen molar-refractivity contribution in [2.75, 3.05) is 13.7 Å². The molecule has 3 heteroatoms. The topological polar surface area (TPSA) is 44.5 Å². The fourth-order valence-corrected chi connectivity index (χ4v) is 1.46. The Hall–Kier alpha value is -1.48. The zero-order valence-electron chi connectivity index (χ0n) is 9.90. The average Bonchev–Trinajstić information content (AvgIpc) is 2.27. The molecule has 2 N–H and O–H groups in total. The van der Waals surface area contributed by atoms with Gasteiger partial charge in [0.2, 0.25) is 0 Å². The number of methoxy groups -OCH3 is 1. The molecule has 0 aliphatic heterocycles. The van der Waals surface area contributed by atoms with Gasteiger partial charge in [0.15, 0.2) is 0 Å². The standard InChI is InChI=1S/C13H19NO2/c1-4-7-16-13-9-12(15-3)6-5-11(13)8-10(2)14/h4-6,9-10H,1,7-8,14H2,2-3H3. The van der Waals surface area contributed by atoms with Gasteiger partial charge in [0.25, 0.3) is 0 Å². The summed E-state index contributed by atoms with van der Waals surface area (Å²) < 4.78 is 10.7. The molecule has 0 radical (unpaired) electrons. The molecule has 1 aromatic rings. The number of ether oxygens (including phenoxy) is 2. The molecule has 0 saturated carbocycles. The van der Waals surface area contributed by atoms with Crippen LogP contribution in [0, 0.1) is 0 Å². The van der Waals surface area contributed by atoms with Gasteiger partial charge < -0.3 is 15.2 Å². The van der Waals surface area contributed by atoms with Gasteiger partial charge in [-0.15, -0.1) is 0 Å². The van der Waals surface area contributed by atoms with Crippen LogP contribution in [0.5, 0.6) is 11.5 Å². The SMILES string of the molecule is C=CCOc1cc(OC)ccc1CC(C)N. The Labute approximate surface area is 96.9 Å². The van der Waals surface area contributed by atoms with E-state index in [0.29, 0.717) is 6.61 Å². The lowest BCUT2D eigenvalue weighted by Crippen LogP contribution is -2.18. The second kappa shape index (κ2) is 6.18. The molecule has 0 saturated heterocycles. The van der Waals surface area contributed by atoms with Crippen LogP contribution in [0.15, 0.2) is 30.9 Å². The molecule has 3 nitrogen and oxygen atoms in total. The quantitative estimate of drug-likeness (QED) is 0.749. The largest absolute Gasteiger partial charge is 0.497 e. The molecule has 0 amide bonds. The van der Waals surface area contributed by atoms with Crippen LogP contribution in [-0.2, 0) is 6.42 Å². The summed E-state index contributed by atoms with van der Waals surface area (Å²) in [6.45, 7) is 6.09. The third kappa shape index (κ3) is 3.59. The molecule has 0 aromatic heterocycles. The predicted molar refractivity (Wildman–Crippen MR) is 66.0 cm³/mol. The van der Waals surface area contributed by atoms with E-state index in [4.69, 9.17) is 15.2 Å². The predicted octanol–water partition coefficient (Wildman–Crippen LogP) is 2.15. The molecule has 0 spiro atoms. The summed E-state index contributed by atoms with van der Waals surface area (Å²) in [5.41, 5.74) is 6.88. The third-order valence-corrected chi connectivity index (χ3v) is 2.17. The lowest BCUT2D eigenvalue weighted by Gasteiger charge is -2.13. The molecule has 0 heterocycles. The van der Waals surface area contributed by atoms with Crippen LogP contribution in [0.4, 0.5) is 0 Å². The second-order valence-electron chi connectivity index (χ2n) is 3.75. The maximum absolute atomic E-state index is 5.79. The van der Waals surface area contributed by atoms with Gasteiger partial charge in [0.05, 0.1) is 7.11 Å². The minimum absolute atomic E-state index is 0.111. The van der Waals surface area contributed by atoms with Gasteiger partial charge >= 0.3 is 0 Å². The summed E-state index contributed by atoms with van der Waals surface area (Å²) in [6.07, 6.45) is 2.51. The molecule has 0 aliphatic rings. The zero-order chi connectivity index (χ0) is 12.0. The molecule has 1 aromatic carbocycles. The highest BCUT2D eigenvalue weighted by Crippen LogP contribution is 2.25. The molecule has 1 atom stereocenters. The van der Waals surface area contributed by atoms with Crippen LogP contribution in [-0.4, -0.2) is 19.8 Å². The van der Waals surface area contributed by atoms with Crippen LogP contribution in [0.3, 0.4) is 0 Å². The Balaban J connectivity index is 2.91. The normalized spacial score (nSPS) is 11.9. The van der Waals surface area contributed by atoms with E-state index < -0.39 is 0 Å². The summed E-state index contributed by atoms with van der Waals surface area (Å²) in [4.78, 5) is 0. The summed E-state index contributed by atoms with van der Waals surface area (Å²) in [5.74, 6) is 1.60. The first-order chi connectivity index (χ1) is 7.67. The monoisotopic (exact) mass is 221 g/mol. The second-order valence-corrected chi connectivity index (χ2v) is 3.75. The third-order valence-electron chi connectivity index (χ3n) is 2.17. The van der Waals surface area contributed by atoms with Crippen molar-refractivity contribution in [1.29, 1.82) is 0 Å². The van der Waals surface area contributed by atoms with Crippen molar-refractivity contribution in [3.63, 3.8) is 0 Å². The first-order valence-corrected chi connectivity index (χ1v) is 5.33. The van der Waals surface area contributed by atoms with Crippen LogP contribution in [0.1, 0.15) is 12.5 Å². The van der Waals surface area contributed by atoms with Crippen LogP contribution in [0.2, 0.25) is 0 Å². The van der Waals surface area contributed by atoms with E-state index in [0.717, 1.165) is 23.5 Å². The van der Waals surface area contributed by atoms with Crippen LogP contribution < -0.4 is 15.2 Å². The molecule has 1 unspecified atom stereocenters. The molecule has 16 heavy (non-hydrogen) atoms. The molecule has 1 rings (SSSR count). The highest BCUT2D eigenvalue weighted by atomic mass is 16.5. The highest BCUT2D eigenvalue weighted by molar-refractivity contribution is 5.41. The lowest BCUT2D eigenvalue weighted by atomic mass is 10.1. The molecule has 0 bridgehead atoms. The van der Waals surface area contributed by atoms with Gasteiger partial charge in [-0.25, -0.2) is 0 Å². The summed E-state index contributed by atoms with van der Waals surface area (Å²) >= 11 is 0. The van der Waals surface area contributed by atoms with Crippen molar-refractivity contribution >= 4 is 0 Å². The maximum atomic E-state index is 5.79. The smallest absolute Gasteiger partial charge is 0.126 e. The summed E-state index contributed by atoms with van der Waals surface area (Å²) in [5, 5.41) is 0. The van der Waals surface area contributed by atoms with Crippen LogP contribution >= 0.6 is 0 Å². The van der Waals surface area contributed by atoms with E-state index in [9.17, 15) is 0 Å². The first kappa shape index (κ1) is 12.6. The molecular weight excluding hydrogens is 202 g/mol.